The fourth-order valence-electron chi connectivity index (χ4n) is 4.21. The van der Waals surface area contributed by atoms with Crippen molar-refractivity contribution in [2.45, 2.75) is 96.8 Å². The van der Waals surface area contributed by atoms with Crippen molar-refractivity contribution in [2.75, 3.05) is 52.8 Å². The fraction of sp³-hybridized carbons (Fsp3) is 0.759. The van der Waals surface area contributed by atoms with E-state index >= 15 is 0 Å². The van der Waals surface area contributed by atoms with E-state index in [0.717, 1.165) is 23.3 Å². The lowest BCUT2D eigenvalue weighted by atomic mass is 10.0. The molecule has 0 spiro atoms. The van der Waals surface area contributed by atoms with Gasteiger partial charge in [0, 0.05) is 19.8 Å². The van der Waals surface area contributed by atoms with Gasteiger partial charge < -0.3 is 14.1 Å². The van der Waals surface area contributed by atoms with Gasteiger partial charge in [-0.25, -0.2) is 4.79 Å². The Hall–Kier alpha value is -1.55. The van der Waals surface area contributed by atoms with Crippen LogP contribution >= 0.6 is 0 Å². The van der Waals surface area contributed by atoms with Gasteiger partial charge in [-0.2, -0.15) is 0 Å². The van der Waals surface area contributed by atoms with Crippen molar-refractivity contribution in [3.8, 4) is 0 Å². The monoisotopic (exact) mass is 461 g/mol. The number of unbranched alkanes of at least 4 members (excludes halogenated alkanes) is 13. The molecule has 0 aliphatic carbocycles. The molecule has 33 heavy (non-hydrogen) atoms. The number of likely N-dealkylation sites (N-methyl/N-ethyl adjacent to an activating group) is 1. The van der Waals surface area contributed by atoms with E-state index in [1.54, 1.807) is 0 Å². The number of carbonyl (C=O) groups is 1. The van der Waals surface area contributed by atoms with Gasteiger partial charge >= 0.3 is 5.97 Å². The van der Waals surface area contributed by atoms with Gasteiger partial charge in [-0.3, -0.25) is 0 Å². The first-order valence-corrected chi connectivity index (χ1v) is 13.6. The summed E-state index contributed by atoms with van der Waals surface area (Å²) in [6, 6.07) is 7.58. The number of hydrogen-bond donors (Lipinski definition) is 0. The number of esters is 1. The van der Waals surface area contributed by atoms with Crippen molar-refractivity contribution in [1.82, 2.24) is 0 Å². The molecule has 190 valence electrons. The molecule has 1 aromatic carbocycles. The van der Waals surface area contributed by atoms with Gasteiger partial charge in [0.1, 0.15) is 13.2 Å². The van der Waals surface area contributed by atoms with Crippen LogP contribution in [0.25, 0.3) is 0 Å². The minimum Gasteiger partial charge on any atom is -0.456 e. The first kappa shape index (κ1) is 29.5. The van der Waals surface area contributed by atoms with Crippen molar-refractivity contribution < 1.29 is 14.0 Å². The van der Waals surface area contributed by atoms with E-state index in [9.17, 15) is 4.79 Å². The SMILES string of the molecule is CCCCCCCCCCCCCCCC[N+](C)(C)CCOC(=O)c1ccc(N(C)C)cc1. The van der Waals surface area contributed by atoms with E-state index in [1.807, 2.05) is 43.3 Å². The number of quaternary nitrogens is 1. The van der Waals surface area contributed by atoms with Crippen molar-refractivity contribution in [3.05, 3.63) is 29.8 Å². The maximum atomic E-state index is 12.3. The van der Waals surface area contributed by atoms with Gasteiger partial charge in [-0.05, 0) is 37.1 Å². The molecular weight excluding hydrogens is 408 g/mol. The summed E-state index contributed by atoms with van der Waals surface area (Å²) >= 11 is 0. The summed E-state index contributed by atoms with van der Waals surface area (Å²) in [6.07, 6.45) is 19.5. The molecule has 0 atom stereocenters. The van der Waals surface area contributed by atoms with Crippen LogP contribution in [0.2, 0.25) is 0 Å². The Bertz CT molecular complexity index is 611. The topological polar surface area (TPSA) is 29.5 Å². The van der Waals surface area contributed by atoms with E-state index in [-0.39, 0.29) is 5.97 Å². The zero-order valence-corrected chi connectivity index (χ0v) is 22.5. The minimum atomic E-state index is -0.225. The summed E-state index contributed by atoms with van der Waals surface area (Å²) in [5, 5.41) is 0. The summed E-state index contributed by atoms with van der Waals surface area (Å²) in [6.45, 7) is 4.76. The minimum absolute atomic E-state index is 0.225. The van der Waals surface area contributed by atoms with Gasteiger partial charge in [0.25, 0.3) is 0 Å². The molecule has 0 bridgehead atoms. The highest BCUT2D eigenvalue weighted by Crippen LogP contribution is 2.15. The van der Waals surface area contributed by atoms with E-state index in [4.69, 9.17) is 4.74 Å². The molecule has 0 aliphatic heterocycles. The fourth-order valence-corrected chi connectivity index (χ4v) is 4.21. The molecule has 1 rings (SSSR count). The molecule has 0 amide bonds. The Balaban J connectivity index is 2.00. The molecule has 0 unspecified atom stereocenters. The highest BCUT2D eigenvalue weighted by Gasteiger charge is 2.16. The molecule has 4 heteroatoms. The van der Waals surface area contributed by atoms with Gasteiger partial charge in [-0.1, -0.05) is 84.0 Å². The summed E-state index contributed by atoms with van der Waals surface area (Å²) in [4.78, 5) is 14.3. The predicted molar refractivity (Wildman–Crippen MR) is 143 cm³/mol. The third-order valence-corrected chi connectivity index (χ3v) is 6.67. The Morgan fingerprint density at radius 3 is 1.64 bits per heavy atom. The summed E-state index contributed by atoms with van der Waals surface area (Å²) in [5.74, 6) is -0.225. The van der Waals surface area contributed by atoms with Crippen molar-refractivity contribution in [3.63, 3.8) is 0 Å². The second-order valence-corrected chi connectivity index (χ2v) is 10.6. The van der Waals surface area contributed by atoms with Crippen LogP contribution in [0.3, 0.4) is 0 Å². The molecule has 0 aromatic heterocycles. The van der Waals surface area contributed by atoms with Crippen LogP contribution in [0.1, 0.15) is 107 Å². The summed E-state index contributed by atoms with van der Waals surface area (Å²) < 4.78 is 6.43. The van der Waals surface area contributed by atoms with Gasteiger partial charge in [0.15, 0.2) is 0 Å². The lowest BCUT2D eigenvalue weighted by Gasteiger charge is -2.29. The number of nitrogens with zero attached hydrogens (tertiary/aromatic N) is 2. The standard InChI is InChI=1S/C29H53N2O2/c1-6-7-8-9-10-11-12-13-14-15-16-17-18-19-24-31(4,5)25-26-33-29(32)27-20-22-28(23-21-27)30(2)3/h20-23H,6-19,24-26H2,1-5H3/q+1. The molecule has 1 aromatic rings. The Morgan fingerprint density at radius 1 is 0.727 bits per heavy atom. The van der Waals surface area contributed by atoms with E-state index < -0.39 is 0 Å². The van der Waals surface area contributed by atoms with Crippen molar-refractivity contribution in [1.29, 1.82) is 0 Å². The quantitative estimate of drug-likeness (QED) is 0.115. The van der Waals surface area contributed by atoms with Gasteiger partial charge in [-0.15, -0.1) is 0 Å². The zero-order valence-electron chi connectivity index (χ0n) is 22.5. The van der Waals surface area contributed by atoms with Crippen LogP contribution in [0.5, 0.6) is 0 Å². The van der Waals surface area contributed by atoms with Gasteiger partial charge in [0.2, 0.25) is 0 Å². The number of ether oxygens (including phenoxy) is 1. The normalized spacial score (nSPS) is 11.5. The number of anilines is 1. The number of rotatable bonds is 20. The molecular formula is C29H53N2O2+. The van der Waals surface area contributed by atoms with Crippen LogP contribution in [0.4, 0.5) is 5.69 Å². The Labute approximate surface area is 205 Å². The number of hydrogen-bond acceptors (Lipinski definition) is 3. The Kier molecular flexibility index (Phi) is 16.0. The first-order chi connectivity index (χ1) is 15.9. The van der Waals surface area contributed by atoms with Gasteiger partial charge in [0.05, 0.1) is 26.2 Å². The second-order valence-electron chi connectivity index (χ2n) is 10.6. The lowest BCUT2D eigenvalue weighted by Crippen LogP contribution is -2.43. The molecule has 0 N–H and O–H groups in total. The predicted octanol–water partition coefficient (Wildman–Crippen LogP) is 7.47. The molecule has 0 radical (unpaired) electrons. The van der Waals surface area contributed by atoms with Crippen LogP contribution in [-0.4, -0.2) is 58.3 Å². The van der Waals surface area contributed by atoms with E-state index in [0.29, 0.717) is 12.2 Å². The second kappa shape index (κ2) is 17.9. The number of carbonyl (C=O) groups excluding carboxylic acids is 1. The van der Waals surface area contributed by atoms with Crippen LogP contribution in [0.15, 0.2) is 24.3 Å². The average Bonchev–Trinajstić information content (AvgIpc) is 2.79. The van der Waals surface area contributed by atoms with Crippen LogP contribution in [-0.2, 0) is 4.74 Å². The van der Waals surface area contributed by atoms with Crippen molar-refractivity contribution in [2.24, 2.45) is 0 Å². The molecule has 4 nitrogen and oxygen atoms in total. The van der Waals surface area contributed by atoms with Crippen molar-refractivity contribution >= 4 is 11.7 Å². The van der Waals surface area contributed by atoms with E-state index in [2.05, 4.69) is 21.0 Å². The third-order valence-electron chi connectivity index (χ3n) is 6.67. The third kappa shape index (κ3) is 15.1. The molecule has 0 aliphatic rings. The zero-order chi connectivity index (χ0) is 24.4. The first-order valence-electron chi connectivity index (χ1n) is 13.6. The maximum Gasteiger partial charge on any atom is 0.338 e. The highest BCUT2D eigenvalue weighted by molar-refractivity contribution is 5.89. The Morgan fingerprint density at radius 2 is 1.18 bits per heavy atom. The van der Waals surface area contributed by atoms with Crippen LogP contribution < -0.4 is 4.90 Å². The average molecular weight is 462 g/mol. The number of benzene rings is 1. The maximum absolute atomic E-state index is 12.3. The van der Waals surface area contributed by atoms with Crippen LogP contribution in [0, 0.1) is 0 Å². The molecule has 0 saturated carbocycles. The molecule has 0 heterocycles. The summed E-state index contributed by atoms with van der Waals surface area (Å²) in [5.41, 5.74) is 1.70. The smallest absolute Gasteiger partial charge is 0.338 e. The van der Waals surface area contributed by atoms with E-state index in [1.165, 1.54) is 89.9 Å². The molecule has 0 saturated heterocycles. The molecule has 0 fully saturated rings. The lowest BCUT2D eigenvalue weighted by molar-refractivity contribution is -0.890. The summed E-state index contributed by atoms with van der Waals surface area (Å²) in [7, 11) is 8.46. The largest absolute Gasteiger partial charge is 0.456 e. The highest BCUT2D eigenvalue weighted by atomic mass is 16.5.